The zero-order valence-corrected chi connectivity index (χ0v) is 15.4. The van der Waals surface area contributed by atoms with E-state index in [0.717, 1.165) is 5.56 Å². The monoisotopic (exact) mass is 397 g/mol. The highest BCUT2D eigenvalue weighted by Gasteiger charge is 2.16. The number of halogens is 1. The first-order valence-electron chi connectivity index (χ1n) is 8.37. The number of carbonyl (C=O) groups is 1. The van der Waals surface area contributed by atoms with Crippen molar-refractivity contribution in [3.63, 3.8) is 0 Å². The molecule has 0 aliphatic rings. The van der Waals surface area contributed by atoms with Gasteiger partial charge in [0.2, 0.25) is 5.91 Å². The van der Waals surface area contributed by atoms with Crippen molar-refractivity contribution in [2.24, 2.45) is 0 Å². The van der Waals surface area contributed by atoms with Crippen molar-refractivity contribution < 1.29 is 19.4 Å². The SMILES string of the molecule is O=C(Cc1oc(=O)c2ccc(C#CCO)cc2c1O)NCc1ccc(Cl)cc1. The molecule has 0 saturated heterocycles. The van der Waals surface area contributed by atoms with Gasteiger partial charge in [-0.3, -0.25) is 4.79 Å². The Morgan fingerprint density at radius 2 is 1.89 bits per heavy atom. The number of aromatic hydroxyl groups is 1. The predicted octanol–water partition coefficient (Wildman–Crippen LogP) is 2.35. The summed E-state index contributed by atoms with van der Waals surface area (Å²) in [6, 6.07) is 11.6. The Kier molecular flexibility index (Phi) is 5.99. The Hall–Kier alpha value is -3.27. The Morgan fingerprint density at radius 1 is 1.14 bits per heavy atom. The largest absolute Gasteiger partial charge is 0.504 e. The second-order valence-corrected chi connectivity index (χ2v) is 6.40. The lowest BCUT2D eigenvalue weighted by molar-refractivity contribution is -0.120. The van der Waals surface area contributed by atoms with Crippen LogP contribution in [0.1, 0.15) is 16.9 Å². The van der Waals surface area contributed by atoms with Crippen molar-refractivity contribution in [3.8, 4) is 17.6 Å². The van der Waals surface area contributed by atoms with E-state index < -0.39 is 11.5 Å². The van der Waals surface area contributed by atoms with Crippen LogP contribution in [0, 0.1) is 11.8 Å². The maximum atomic E-state index is 12.2. The number of aliphatic hydroxyl groups is 1. The molecule has 0 unspecified atom stereocenters. The zero-order valence-electron chi connectivity index (χ0n) is 14.7. The highest BCUT2D eigenvalue weighted by molar-refractivity contribution is 6.30. The number of hydrogen-bond donors (Lipinski definition) is 3. The van der Waals surface area contributed by atoms with Gasteiger partial charge in [-0.15, -0.1) is 0 Å². The number of benzene rings is 2. The molecule has 6 nitrogen and oxygen atoms in total. The standard InChI is InChI=1S/C21H16ClNO5/c22-15-6-3-14(4-7-15)12-23-19(25)11-18-20(26)17-10-13(2-1-9-24)5-8-16(17)21(27)28-18/h3-8,10,24,26H,9,11-12H2,(H,23,25). The minimum atomic E-state index is -0.657. The number of carbonyl (C=O) groups excluding carboxylic acids is 1. The molecule has 0 aliphatic heterocycles. The molecule has 2 aromatic carbocycles. The topological polar surface area (TPSA) is 99.8 Å². The third-order valence-electron chi connectivity index (χ3n) is 4.01. The predicted molar refractivity (Wildman–Crippen MR) is 105 cm³/mol. The molecule has 28 heavy (non-hydrogen) atoms. The second-order valence-electron chi connectivity index (χ2n) is 5.96. The number of aliphatic hydroxyl groups excluding tert-OH is 1. The lowest BCUT2D eigenvalue weighted by Gasteiger charge is -2.08. The van der Waals surface area contributed by atoms with Crippen molar-refractivity contribution in [1.29, 1.82) is 0 Å². The van der Waals surface area contributed by atoms with E-state index in [1.165, 1.54) is 12.1 Å². The van der Waals surface area contributed by atoms with Crippen LogP contribution in [0.15, 0.2) is 51.7 Å². The van der Waals surface area contributed by atoms with Crippen LogP contribution in [-0.2, 0) is 17.8 Å². The van der Waals surface area contributed by atoms with E-state index in [-0.39, 0.29) is 41.9 Å². The van der Waals surface area contributed by atoms with Gasteiger partial charge < -0.3 is 19.9 Å². The van der Waals surface area contributed by atoms with E-state index in [4.69, 9.17) is 21.1 Å². The lowest BCUT2D eigenvalue weighted by Crippen LogP contribution is -2.25. The second kappa shape index (κ2) is 8.61. The first-order chi connectivity index (χ1) is 13.5. The van der Waals surface area contributed by atoms with Gasteiger partial charge in [-0.1, -0.05) is 35.6 Å². The normalized spacial score (nSPS) is 10.4. The van der Waals surface area contributed by atoms with E-state index >= 15 is 0 Å². The van der Waals surface area contributed by atoms with Gasteiger partial charge in [-0.2, -0.15) is 0 Å². The molecule has 0 bridgehead atoms. The molecule has 1 aromatic heterocycles. The average molecular weight is 398 g/mol. The maximum absolute atomic E-state index is 12.2. The molecule has 0 atom stereocenters. The first-order valence-corrected chi connectivity index (χ1v) is 8.75. The third kappa shape index (κ3) is 4.52. The van der Waals surface area contributed by atoms with Crippen molar-refractivity contribution >= 4 is 28.3 Å². The molecule has 0 radical (unpaired) electrons. The number of nitrogens with one attached hydrogen (secondary N) is 1. The van der Waals surface area contributed by atoms with E-state index in [1.807, 2.05) is 0 Å². The molecular weight excluding hydrogens is 382 g/mol. The summed E-state index contributed by atoms with van der Waals surface area (Å²) in [5.41, 5.74) is 0.713. The zero-order chi connectivity index (χ0) is 20.1. The molecule has 3 aromatic rings. The van der Waals surface area contributed by atoms with Crippen LogP contribution in [-0.4, -0.2) is 22.7 Å². The third-order valence-corrected chi connectivity index (χ3v) is 4.26. The summed E-state index contributed by atoms with van der Waals surface area (Å²) in [5.74, 6) is 4.37. The minimum absolute atomic E-state index is 0.127. The smallest absolute Gasteiger partial charge is 0.344 e. The molecule has 1 amide bonds. The fraction of sp³-hybridized carbons (Fsp3) is 0.143. The molecule has 1 heterocycles. The fourth-order valence-corrected chi connectivity index (χ4v) is 2.76. The molecule has 7 heteroatoms. The molecule has 3 N–H and O–H groups in total. The van der Waals surface area contributed by atoms with Gasteiger partial charge in [0.1, 0.15) is 6.61 Å². The molecule has 0 fully saturated rings. The summed E-state index contributed by atoms with van der Waals surface area (Å²) >= 11 is 5.82. The van der Waals surface area contributed by atoms with Gasteiger partial charge in [-0.25, -0.2) is 4.79 Å². The van der Waals surface area contributed by atoms with Gasteiger partial charge in [0, 0.05) is 22.5 Å². The van der Waals surface area contributed by atoms with E-state index in [1.54, 1.807) is 30.3 Å². The Balaban J connectivity index is 1.81. The summed E-state index contributed by atoms with van der Waals surface area (Å²) in [6.07, 6.45) is -0.294. The maximum Gasteiger partial charge on any atom is 0.344 e. The lowest BCUT2D eigenvalue weighted by atomic mass is 10.1. The highest BCUT2D eigenvalue weighted by atomic mass is 35.5. The average Bonchev–Trinajstić information content (AvgIpc) is 2.69. The van der Waals surface area contributed by atoms with Crippen LogP contribution in [0.2, 0.25) is 5.02 Å². The van der Waals surface area contributed by atoms with Crippen LogP contribution in [0.4, 0.5) is 0 Å². The molecule has 142 valence electrons. The summed E-state index contributed by atoms with van der Waals surface area (Å²) in [5, 5.41) is 23.0. The number of rotatable bonds is 4. The molecule has 0 saturated carbocycles. The van der Waals surface area contributed by atoms with E-state index in [2.05, 4.69) is 17.2 Å². The van der Waals surface area contributed by atoms with E-state index in [0.29, 0.717) is 10.6 Å². The van der Waals surface area contributed by atoms with Crippen LogP contribution >= 0.6 is 11.6 Å². The Bertz CT molecular complexity index is 1140. The summed E-state index contributed by atoms with van der Waals surface area (Å²) in [6.45, 7) is -0.0323. The van der Waals surface area contributed by atoms with Gasteiger partial charge in [0.15, 0.2) is 11.5 Å². The number of fused-ring (bicyclic) bond motifs is 1. The molecule has 0 spiro atoms. The van der Waals surface area contributed by atoms with Gasteiger partial charge in [0.25, 0.3) is 0 Å². The summed E-state index contributed by atoms with van der Waals surface area (Å²) in [7, 11) is 0. The van der Waals surface area contributed by atoms with E-state index in [9.17, 15) is 14.7 Å². The molecule has 3 rings (SSSR count). The molecule has 0 aliphatic carbocycles. The quantitative estimate of drug-likeness (QED) is 0.587. The van der Waals surface area contributed by atoms with Crippen molar-refractivity contribution in [1.82, 2.24) is 5.32 Å². The van der Waals surface area contributed by atoms with Crippen LogP contribution in [0.3, 0.4) is 0 Å². The highest BCUT2D eigenvalue weighted by Crippen LogP contribution is 2.27. The Morgan fingerprint density at radius 3 is 2.61 bits per heavy atom. The van der Waals surface area contributed by atoms with Gasteiger partial charge in [-0.05, 0) is 35.9 Å². The molecular formula is C21H16ClNO5. The summed E-state index contributed by atoms with van der Waals surface area (Å²) < 4.78 is 5.12. The number of hydrogen-bond acceptors (Lipinski definition) is 5. The summed E-state index contributed by atoms with van der Waals surface area (Å²) in [4.78, 5) is 24.4. The van der Waals surface area contributed by atoms with Crippen molar-refractivity contribution in [2.75, 3.05) is 6.61 Å². The van der Waals surface area contributed by atoms with Gasteiger partial charge >= 0.3 is 5.63 Å². The van der Waals surface area contributed by atoms with Crippen LogP contribution in [0.25, 0.3) is 10.8 Å². The minimum Gasteiger partial charge on any atom is -0.504 e. The Labute approximate surface area is 165 Å². The first kappa shape index (κ1) is 19.5. The van der Waals surface area contributed by atoms with Crippen LogP contribution in [0.5, 0.6) is 5.75 Å². The number of amides is 1. The van der Waals surface area contributed by atoms with Crippen molar-refractivity contribution in [2.45, 2.75) is 13.0 Å². The van der Waals surface area contributed by atoms with Crippen LogP contribution < -0.4 is 10.9 Å². The van der Waals surface area contributed by atoms with Gasteiger partial charge in [0.05, 0.1) is 11.8 Å². The van der Waals surface area contributed by atoms with Crippen molar-refractivity contribution in [3.05, 3.63) is 74.8 Å². The fourth-order valence-electron chi connectivity index (χ4n) is 2.63.